The molecule has 0 saturated carbocycles. The molecule has 1 heterocycles. The van der Waals surface area contributed by atoms with Gasteiger partial charge in [-0.05, 0) is 37.8 Å². The topological polar surface area (TPSA) is 59.3 Å². The largest absolute Gasteiger partial charge is 0.481 e. The van der Waals surface area contributed by atoms with Crippen LogP contribution in [-0.4, -0.2) is 15.6 Å². The van der Waals surface area contributed by atoms with Gasteiger partial charge in [-0.3, -0.25) is 9.59 Å². The van der Waals surface area contributed by atoms with Gasteiger partial charge in [0.1, 0.15) is 0 Å². The van der Waals surface area contributed by atoms with Crippen molar-refractivity contribution in [1.29, 1.82) is 0 Å². The molecular formula is C15H17NO3. The molecule has 1 aromatic carbocycles. The third-order valence-electron chi connectivity index (χ3n) is 3.44. The number of aryl methyl sites for hydroxylation is 1. The number of aliphatic carboxylic acids is 1. The van der Waals surface area contributed by atoms with E-state index < -0.39 is 11.4 Å². The van der Waals surface area contributed by atoms with Crippen molar-refractivity contribution in [2.45, 2.75) is 26.8 Å². The molecule has 0 atom stereocenters. The Hall–Kier alpha value is -2.10. The summed E-state index contributed by atoms with van der Waals surface area (Å²) in [5.41, 5.74) is -0.898. The molecule has 0 aliphatic heterocycles. The van der Waals surface area contributed by atoms with Crippen LogP contribution < -0.4 is 5.56 Å². The zero-order valence-corrected chi connectivity index (χ0v) is 11.1. The third-order valence-corrected chi connectivity index (χ3v) is 3.44. The maximum absolute atomic E-state index is 12.2. The second kappa shape index (κ2) is 4.88. The number of hydrogen-bond acceptors (Lipinski definition) is 2. The number of aromatic nitrogens is 1. The molecule has 1 aromatic heterocycles. The lowest BCUT2D eigenvalue weighted by Crippen LogP contribution is -2.28. The minimum absolute atomic E-state index is 0.0701. The van der Waals surface area contributed by atoms with E-state index in [0.717, 1.165) is 5.39 Å². The first-order valence-corrected chi connectivity index (χ1v) is 6.23. The molecule has 2 rings (SSSR count). The summed E-state index contributed by atoms with van der Waals surface area (Å²) in [4.78, 5) is 23.3. The Morgan fingerprint density at radius 2 is 1.95 bits per heavy atom. The number of pyridine rings is 1. The molecule has 0 spiro atoms. The van der Waals surface area contributed by atoms with Gasteiger partial charge in [-0.15, -0.1) is 0 Å². The molecule has 0 bridgehead atoms. The molecule has 0 saturated heterocycles. The standard InChI is InChI=1S/C15H17NO3/c1-15(2,14(18)19)8-10-16-9-7-11-5-3-4-6-12(11)13(16)17/h3-7,9H,8,10H2,1-2H3,(H,18,19). The third kappa shape index (κ3) is 2.67. The average molecular weight is 259 g/mol. The summed E-state index contributed by atoms with van der Waals surface area (Å²) in [6, 6.07) is 9.28. The van der Waals surface area contributed by atoms with Crippen LogP contribution in [0.2, 0.25) is 0 Å². The lowest BCUT2D eigenvalue weighted by Gasteiger charge is -2.19. The highest BCUT2D eigenvalue weighted by Crippen LogP contribution is 2.21. The van der Waals surface area contributed by atoms with Crippen molar-refractivity contribution < 1.29 is 9.90 Å². The number of nitrogens with zero attached hydrogens (tertiary/aromatic N) is 1. The monoisotopic (exact) mass is 259 g/mol. The first kappa shape index (κ1) is 13.3. The van der Waals surface area contributed by atoms with Gasteiger partial charge in [0.15, 0.2) is 0 Å². The highest BCUT2D eigenvalue weighted by molar-refractivity contribution is 5.81. The van der Waals surface area contributed by atoms with Gasteiger partial charge in [0.05, 0.1) is 5.41 Å². The zero-order chi connectivity index (χ0) is 14.0. The van der Waals surface area contributed by atoms with Crippen LogP contribution in [0.25, 0.3) is 10.8 Å². The van der Waals surface area contributed by atoms with E-state index in [4.69, 9.17) is 5.11 Å². The van der Waals surface area contributed by atoms with E-state index in [-0.39, 0.29) is 5.56 Å². The van der Waals surface area contributed by atoms with Crippen molar-refractivity contribution in [3.8, 4) is 0 Å². The maximum Gasteiger partial charge on any atom is 0.309 e. The van der Waals surface area contributed by atoms with Crippen LogP contribution in [0.5, 0.6) is 0 Å². The molecule has 0 fully saturated rings. The quantitative estimate of drug-likeness (QED) is 0.917. The Balaban J connectivity index is 2.30. The van der Waals surface area contributed by atoms with E-state index in [9.17, 15) is 9.59 Å². The molecule has 100 valence electrons. The van der Waals surface area contributed by atoms with E-state index in [1.807, 2.05) is 24.3 Å². The predicted octanol–water partition coefficient (Wildman–Crippen LogP) is 2.50. The number of carbonyl (C=O) groups is 1. The Morgan fingerprint density at radius 1 is 1.26 bits per heavy atom. The fourth-order valence-corrected chi connectivity index (χ4v) is 1.91. The summed E-state index contributed by atoms with van der Waals surface area (Å²) in [6.07, 6.45) is 2.14. The number of benzene rings is 1. The van der Waals surface area contributed by atoms with Gasteiger partial charge in [0.2, 0.25) is 0 Å². The van der Waals surface area contributed by atoms with Crippen LogP contribution in [0.15, 0.2) is 41.3 Å². The Kier molecular flexibility index (Phi) is 3.42. The maximum atomic E-state index is 12.2. The van der Waals surface area contributed by atoms with Crippen LogP contribution in [0.1, 0.15) is 20.3 Å². The van der Waals surface area contributed by atoms with Crippen molar-refractivity contribution in [3.63, 3.8) is 0 Å². The van der Waals surface area contributed by atoms with Crippen molar-refractivity contribution in [2.75, 3.05) is 0 Å². The molecule has 0 radical (unpaired) electrons. The minimum Gasteiger partial charge on any atom is -0.481 e. The van der Waals surface area contributed by atoms with E-state index in [0.29, 0.717) is 18.4 Å². The van der Waals surface area contributed by atoms with Gasteiger partial charge < -0.3 is 9.67 Å². The summed E-state index contributed by atoms with van der Waals surface area (Å²) >= 11 is 0. The van der Waals surface area contributed by atoms with Gasteiger partial charge >= 0.3 is 5.97 Å². The molecule has 0 amide bonds. The number of fused-ring (bicyclic) bond motifs is 1. The zero-order valence-electron chi connectivity index (χ0n) is 11.1. The van der Waals surface area contributed by atoms with Gasteiger partial charge in [0.25, 0.3) is 5.56 Å². The molecule has 0 unspecified atom stereocenters. The van der Waals surface area contributed by atoms with Crippen molar-refractivity contribution in [1.82, 2.24) is 4.57 Å². The number of carboxylic acid groups (broad SMARTS) is 1. The molecular weight excluding hydrogens is 242 g/mol. The lowest BCUT2D eigenvalue weighted by atomic mass is 9.89. The summed E-state index contributed by atoms with van der Waals surface area (Å²) in [5, 5.41) is 10.6. The summed E-state index contributed by atoms with van der Waals surface area (Å²) in [6.45, 7) is 3.74. The molecule has 0 aliphatic carbocycles. The lowest BCUT2D eigenvalue weighted by molar-refractivity contribution is -0.147. The van der Waals surface area contributed by atoms with Gasteiger partial charge in [-0.2, -0.15) is 0 Å². The van der Waals surface area contributed by atoms with Crippen molar-refractivity contribution in [3.05, 3.63) is 46.9 Å². The molecule has 19 heavy (non-hydrogen) atoms. The Morgan fingerprint density at radius 3 is 2.63 bits per heavy atom. The smallest absolute Gasteiger partial charge is 0.309 e. The molecule has 4 heteroatoms. The fraction of sp³-hybridized carbons (Fsp3) is 0.333. The first-order valence-electron chi connectivity index (χ1n) is 6.23. The summed E-state index contributed by atoms with van der Waals surface area (Å²) < 4.78 is 1.58. The predicted molar refractivity (Wildman–Crippen MR) is 74.2 cm³/mol. The first-order chi connectivity index (χ1) is 8.92. The van der Waals surface area contributed by atoms with E-state index in [1.165, 1.54) is 0 Å². The summed E-state index contributed by atoms with van der Waals surface area (Å²) in [5.74, 6) is -0.846. The number of carboxylic acids is 1. The van der Waals surface area contributed by atoms with Gasteiger partial charge in [-0.25, -0.2) is 0 Å². The van der Waals surface area contributed by atoms with Crippen LogP contribution in [0.3, 0.4) is 0 Å². The van der Waals surface area contributed by atoms with Crippen LogP contribution >= 0.6 is 0 Å². The van der Waals surface area contributed by atoms with E-state index >= 15 is 0 Å². The average Bonchev–Trinajstić information content (AvgIpc) is 2.38. The number of hydrogen-bond donors (Lipinski definition) is 1. The molecule has 1 N–H and O–H groups in total. The van der Waals surface area contributed by atoms with Gasteiger partial charge in [0, 0.05) is 18.1 Å². The Bertz CT molecular complexity index is 670. The van der Waals surface area contributed by atoms with Crippen molar-refractivity contribution in [2.24, 2.45) is 5.41 Å². The molecule has 0 aliphatic rings. The van der Waals surface area contributed by atoms with Crippen LogP contribution in [0, 0.1) is 5.41 Å². The van der Waals surface area contributed by atoms with Crippen LogP contribution in [0.4, 0.5) is 0 Å². The van der Waals surface area contributed by atoms with Gasteiger partial charge in [-0.1, -0.05) is 18.2 Å². The van der Waals surface area contributed by atoms with Crippen molar-refractivity contribution >= 4 is 16.7 Å². The highest BCUT2D eigenvalue weighted by Gasteiger charge is 2.26. The SMILES string of the molecule is CC(C)(CCn1ccc2ccccc2c1=O)C(=O)O. The fourth-order valence-electron chi connectivity index (χ4n) is 1.91. The number of rotatable bonds is 4. The minimum atomic E-state index is -0.846. The van der Waals surface area contributed by atoms with E-state index in [2.05, 4.69) is 0 Å². The highest BCUT2D eigenvalue weighted by atomic mass is 16.4. The molecule has 2 aromatic rings. The second-order valence-corrected chi connectivity index (χ2v) is 5.34. The second-order valence-electron chi connectivity index (χ2n) is 5.34. The van der Waals surface area contributed by atoms with E-state index in [1.54, 1.807) is 30.7 Å². The normalized spacial score (nSPS) is 11.7. The summed E-state index contributed by atoms with van der Waals surface area (Å²) in [7, 11) is 0. The Labute approximate surface area is 111 Å². The van der Waals surface area contributed by atoms with Crippen LogP contribution in [-0.2, 0) is 11.3 Å². The molecule has 4 nitrogen and oxygen atoms in total.